The van der Waals surface area contributed by atoms with Gasteiger partial charge in [0, 0.05) is 25.7 Å². The zero-order valence-electron chi connectivity index (χ0n) is 15.3. The molecule has 1 aliphatic rings. The second-order valence-electron chi connectivity index (χ2n) is 6.89. The number of amides is 1. The lowest BCUT2D eigenvalue weighted by Crippen LogP contribution is -2.21. The summed E-state index contributed by atoms with van der Waals surface area (Å²) in [5.41, 5.74) is 4.11. The van der Waals surface area contributed by atoms with Crippen molar-refractivity contribution in [3.05, 3.63) is 72.6 Å². The molecule has 1 amide bonds. The molecule has 5 heteroatoms. The topological polar surface area (TPSA) is 50.2 Å². The molecular formula is C22H24N4O. The lowest BCUT2D eigenvalue weighted by Gasteiger charge is -2.21. The maximum absolute atomic E-state index is 12.5. The Hall–Kier alpha value is -3.08. The lowest BCUT2D eigenvalue weighted by atomic mass is 10.2. The molecule has 1 fully saturated rings. The Morgan fingerprint density at radius 1 is 1.00 bits per heavy atom. The molecule has 1 aromatic heterocycles. The highest BCUT2D eigenvalue weighted by molar-refractivity contribution is 5.94. The first-order valence-electron chi connectivity index (χ1n) is 9.52. The number of carbonyl (C=O) groups is 1. The van der Waals surface area contributed by atoms with E-state index in [-0.39, 0.29) is 5.91 Å². The molecule has 3 aromatic rings. The molecule has 4 rings (SSSR count). The van der Waals surface area contributed by atoms with Gasteiger partial charge in [0.15, 0.2) is 0 Å². The van der Waals surface area contributed by atoms with Crippen LogP contribution in [-0.4, -0.2) is 28.8 Å². The summed E-state index contributed by atoms with van der Waals surface area (Å²) in [5, 5.41) is 7.48. The third-order valence-corrected chi connectivity index (χ3v) is 4.92. The average molecular weight is 360 g/mol. The first-order valence-corrected chi connectivity index (χ1v) is 9.52. The molecule has 2 heterocycles. The minimum absolute atomic E-state index is 0.0362. The van der Waals surface area contributed by atoms with E-state index < -0.39 is 0 Å². The lowest BCUT2D eigenvalue weighted by molar-refractivity contribution is -0.116. The SMILES string of the molecule is O=C(CCc1cnn(-c2ccccc2)c1)Nc1ccccc1N1CCCC1. The van der Waals surface area contributed by atoms with Gasteiger partial charge in [-0.3, -0.25) is 4.79 Å². The molecule has 2 aromatic carbocycles. The Bertz CT molecular complexity index is 897. The van der Waals surface area contributed by atoms with E-state index in [2.05, 4.69) is 21.4 Å². The molecule has 0 unspecified atom stereocenters. The van der Waals surface area contributed by atoms with E-state index in [0.29, 0.717) is 12.8 Å². The number of rotatable bonds is 6. The third kappa shape index (κ3) is 4.19. The molecule has 1 saturated heterocycles. The molecular weight excluding hydrogens is 336 g/mol. The van der Waals surface area contributed by atoms with Gasteiger partial charge in [0.25, 0.3) is 0 Å². The van der Waals surface area contributed by atoms with Crippen LogP contribution in [0.3, 0.4) is 0 Å². The highest BCUT2D eigenvalue weighted by Crippen LogP contribution is 2.28. The van der Waals surface area contributed by atoms with E-state index in [9.17, 15) is 4.79 Å². The van der Waals surface area contributed by atoms with Gasteiger partial charge in [-0.15, -0.1) is 0 Å². The fourth-order valence-corrected chi connectivity index (χ4v) is 3.49. The normalized spacial score (nSPS) is 13.7. The molecule has 1 aliphatic heterocycles. The van der Waals surface area contributed by atoms with Crippen LogP contribution in [-0.2, 0) is 11.2 Å². The predicted octanol–water partition coefficient (Wildman–Crippen LogP) is 4.04. The van der Waals surface area contributed by atoms with Crippen molar-refractivity contribution in [1.82, 2.24) is 9.78 Å². The minimum atomic E-state index is 0.0362. The van der Waals surface area contributed by atoms with Crippen LogP contribution in [0.1, 0.15) is 24.8 Å². The fraction of sp³-hybridized carbons (Fsp3) is 0.273. The number of para-hydroxylation sites is 3. The van der Waals surface area contributed by atoms with Gasteiger partial charge in [-0.05, 0) is 49.1 Å². The number of carbonyl (C=O) groups excluding carboxylic acids is 1. The number of aryl methyl sites for hydroxylation is 1. The van der Waals surface area contributed by atoms with Crippen molar-refractivity contribution >= 4 is 17.3 Å². The van der Waals surface area contributed by atoms with Gasteiger partial charge in [0.2, 0.25) is 5.91 Å². The number of aromatic nitrogens is 2. The Labute approximate surface area is 159 Å². The van der Waals surface area contributed by atoms with Crippen molar-refractivity contribution in [2.24, 2.45) is 0 Å². The molecule has 0 atom stereocenters. The van der Waals surface area contributed by atoms with Crippen molar-refractivity contribution < 1.29 is 4.79 Å². The second kappa shape index (κ2) is 8.08. The van der Waals surface area contributed by atoms with Gasteiger partial charge >= 0.3 is 0 Å². The van der Waals surface area contributed by atoms with Crippen LogP contribution in [0, 0.1) is 0 Å². The number of anilines is 2. The van der Waals surface area contributed by atoms with Crippen LogP contribution in [0.2, 0.25) is 0 Å². The summed E-state index contributed by atoms with van der Waals surface area (Å²) in [4.78, 5) is 14.8. The average Bonchev–Trinajstić information content (AvgIpc) is 3.40. The van der Waals surface area contributed by atoms with Crippen LogP contribution >= 0.6 is 0 Å². The number of benzene rings is 2. The van der Waals surface area contributed by atoms with E-state index in [0.717, 1.165) is 35.7 Å². The number of hydrogen-bond acceptors (Lipinski definition) is 3. The standard InChI is InChI=1S/C22H24N4O/c27-22(24-20-10-4-5-11-21(20)25-14-6-7-15-25)13-12-18-16-23-26(17-18)19-8-2-1-3-9-19/h1-5,8-11,16-17H,6-7,12-15H2,(H,24,27). The third-order valence-electron chi connectivity index (χ3n) is 4.92. The Morgan fingerprint density at radius 2 is 1.74 bits per heavy atom. The Morgan fingerprint density at radius 3 is 2.56 bits per heavy atom. The largest absolute Gasteiger partial charge is 0.370 e. The first kappa shape index (κ1) is 17.3. The van der Waals surface area contributed by atoms with E-state index in [4.69, 9.17) is 0 Å². The van der Waals surface area contributed by atoms with Gasteiger partial charge in [-0.25, -0.2) is 4.68 Å². The van der Waals surface area contributed by atoms with Crippen molar-refractivity contribution in [2.75, 3.05) is 23.3 Å². The molecule has 1 N–H and O–H groups in total. The van der Waals surface area contributed by atoms with Gasteiger partial charge in [0.1, 0.15) is 0 Å². The minimum Gasteiger partial charge on any atom is -0.370 e. The van der Waals surface area contributed by atoms with Crippen molar-refractivity contribution in [1.29, 1.82) is 0 Å². The summed E-state index contributed by atoms with van der Waals surface area (Å²) in [5.74, 6) is 0.0362. The van der Waals surface area contributed by atoms with E-state index in [1.54, 1.807) is 0 Å². The number of hydrogen-bond donors (Lipinski definition) is 1. The highest BCUT2D eigenvalue weighted by atomic mass is 16.1. The second-order valence-corrected chi connectivity index (χ2v) is 6.89. The number of nitrogens with one attached hydrogen (secondary N) is 1. The molecule has 138 valence electrons. The van der Waals surface area contributed by atoms with Gasteiger partial charge < -0.3 is 10.2 Å². The van der Waals surface area contributed by atoms with Crippen LogP contribution in [0.15, 0.2) is 67.0 Å². The predicted molar refractivity (Wildman–Crippen MR) is 108 cm³/mol. The van der Waals surface area contributed by atoms with E-state index >= 15 is 0 Å². The van der Waals surface area contributed by atoms with Crippen molar-refractivity contribution in [3.63, 3.8) is 0 Å². The highest BCUT2D eigenvalue weighted by Gasteiger charge is 2.16. The maximum atomic E-state index is 12.5. The first-order chi connectivity index (χ1) is 13.3. The summed E-state index contributed by atoms with van der Waals surface area (Å²) in [6.07, 6.45) is 7.36. The smallest absolute Gasteiger partial charge is 0.224 e. The Balaban J connectivity index is 1.36. The van der Waals surface area contributed by atoms with Crippen LogP contribution < -0.4 is 10.2 Å². The molecule has 0 radical (unpaired) electrons. The van der Waals surface area contributed by atoms with Gasteiger partial charge in [-0.2, -0.15) is 5.10 Å². The monoisotopic (exact) mass is 360 g/mol. The molecule has 0 spiro atoms. The van der Waals surface area contributed by atoms with E-state index in [1.807, 2.05) is 65.6 Å². The molecule has 5 nitrogen and oxygen atoms in total. The Kier molecular flexibility index (Phi) is 5.19. The van der Waals surface area contributed by atoms with Crippen molar-refractivity contribution in [3.8, 4) is 5.69 Å². The molecule has 27 heavy (non-hydrogen) atoms. The number of nitrogens with zero attached hydrogens (tertiary/aromatic N) is 3. The van der Waals surface area contributed by atoms with Crippen LogP contribution in [0.25, 0.3) is 5.69 Å². The summed E-state index contributed by atoms with van der Waals surface area (Å²) in [6, 6.07) is 18.1. The van der Waals surface area contributed by atoms with Gasteiger partial charge in [0.05, 0.1) is 23.3 Å². The molecule has 0 aliphatic carbocycles. The fourth-order valence-electron chi connectivity index (χ4n) is 3.49. The van der Waals surface area contributed by atoms with Crippen LogP contribution in [0.4, 0.5) is 11.4 Å². The summed E-state index contributed by atoms with van der Waals surface area (Å²) < 4.78 is 1.84. The zero-order valence-corrected chi connectivity index (χ0v) is 15.3. The van der Waals surface area contributed by atoms with Gasteiger partial charge in [-0.1, -0.05) is 30.3 Å². The zero-order chi connectivity index (χ0) is 18.5. The summed E-state index contributed by atoms with van der Waals surface area (Å²) in [7, 11) is 0. The molecule has 0 saturated carbocycles. The maximum Gasteiger partial charge on any atom is 0.224 e. The van der Waals surface area contributed by atoms with E-state index in [1.165, 1.54) is 12.8 Å². The van der Waals surface area contributed by atoms with Crippen LogP contribution in [0.5, 0.6) is 0 Å². The van der Waals surface area contributed by atoms with Crippen molar-refractivity contribution in [2.45, 2.75) is 25.7 Å². The quantitative estimate of drug-likeness (QED) is 0.722. The summed E-state index contributed by atoms with van der Waals surface area (Å²) >= 11 is 0. The summed E-state index contributed by atoms with van der Waals surface area (Å²) in [6.45, 7) is 2.12. The molecule has 0 bridgehead atoms.